The van der Waals surface area contributed by atoms with Crippen LogP contribution in [0.1, 0.15) is 5.56 Å². The van der Waals surface area contributed by atoms with E-state index in [1.54, 1.807) is 24.4 Å². The van der Waals surface area contributed by atoms with Gasteiger partial charge >= 0.3 is 0 Å². The van der Waals surface area contributed by atoms with Crippen molar-refractivity contribution in [3.8, 4) is 5.75 Å². The smallest absolute Gasteiger partial charge is 0.241 e. The van der Waals surface area contributed by atoms with Gasteiger partial charge < -0.3 is 4.84 Å². The summed E-state index contributed by atoms with van der Waals surface area (Å²) in [6, 6.07) is 4.74. The highest BCUT2D eigenvalue weighted by Crippen LogP contribution is 2.29. The summed E-state index contributed by atoms with van der Waals surface area (Å²) < 4.78 is 22.3. The van der Waals surface area contributed by atoms with Crippen LogP contribution in [0.15, 0.2) is 29.3 Å². The van der Waals surface area contributed by atoms with Crippen LogP contribution in [0, 0.1) is 0 Å². The van der Waals surface area contributed by atoms with Gasteiger partial charge in [-0.3, -0.25) is 0 Å². The van der Waals surface area contributed by atoms with Crippen molar-refractivity contribution in [2.45, 2.75) is 4.90 Å². The minimum Gasteiger partial charge on any atom is -0.381 e. The van der Waals surface area contributed by atoms with E-state index in [1.807, 2.05) is 0 Å². The number of fused-ring (bicyclic) bond motifs is 1. The Morgan fingerprint density at radius 2 is 2.14 bits per heavy atom. The summed E-state index contributed by atoms with van der Waals surface area (Å²) in [4.78, 5) is 4.96. The number of sulfonamides is 1. The monoisotopic (exact) mass is 212 g/mol. The third kappa shape index (κ3) is 1.45. The number of hydroxylamine groups is 1. The van der Waals surface area contributed by atoms with Gasteiger partial charge in [0.15, 0.2) is 5.75 Å². The van der Waals surface area contributed by atoms with Gasteiger partial charge in [-0.25, -0.2) is 19.0 Å². The van der Waals surface area contributed by atoms with E-state index in [1.165, 1.54) is 6.07 Å². The van der Waals surface area contributed by atoms with E-state index in [0.717, 1.165) is 0 Å². The Hall–Kier alpha value is -1.53. The number of para-hydroxylation sites is 1. The van der Waals surface area contributed by atoms with Gasteiger partial charge in [-0.05, 0) is 12.1 Å². The molecule has 14 heavy (non-hydrogen) atoms. The first-order chi connectivity index (χ1) is 6.59. The van der Waals surface area contributed by atoms with Crippen LogP contribution in [-0.4, -0.2) is 8.42 Å². The van der Waals surface area contributed by atoms with Crippen LogP contribution in [0.4, 0.5) is 0 Å². The minimum absolute atomic E-state index is 0.0214. The summed E-state index contributed by atoms with van der Waals surface area (Å²) in [6.45, 7) is 0. The number of rotatable bonds is 1. The standard InChI is InChI=1S/C8H8N2O3S/c9-14(11,12)7-3-1-2-6-4-5-10-13-8(6)7/h1-5,10H,(H2,9,11,12). The van der Waals surface area contributed by atoms with Gasteiger partial charge in [0.25, 0.3) is 0 Å². The number of nitrogens with two attached hydrogens (primary N) is 1. The lowest BCUT2D eigenvalue weighted by molar-refractivity contribution is 0.232. The molecule has 5 nitrogen and oxygen atoms in total. The molecule has 1 heterocycles. The maximum absolute atomic E-state index is 11.2. The molecule has 0 aromatic heterocycles. The average Bonchev–Trinajstić information content (AvgIpc) is 2.15. The van der Waals surface area contributed by atoms with Crippen molar-refractivity contribution in [3.05, 3.63) is 30.0 Å². The molecular weight excluding hydrogens is 204 g/mol. The highest BCUT2D eigenvalue weighted by molar-refractivity contribution is 7.89. The number of hydrogen-bond acceptors (Lipinski definition) is 4. The molecule has 0 atom stereocenters. The number of benzene rings is 1. The van der Waals surface area contributed by atoms with E-state index in [2.05, 4.69) is 5.48 Å². The fourth-order valence-electron chi connectivity index (χ4n) is 1.21. The van der Waals surface area contributed by atoms with Crippen molar-refractivity contribution in [2.75, 3.05) is 0 Å². The lowest BCUT2D eigenvalue weighted by Crippen LogP contribution is -2.20. The zero-order valence-electron chi connectivity index (χ0n) is 7.10. The second-order valence-corrected chi connectivity index (χ2v) is 4.30. The number of nitrogens with one attached hydrogen (secondary N) is 1. The van der Waals surface area contributed by atoms with Gasteiger partial charge in [-0.2, -0.15) is 0 Å². The maximum Gasteiger partial charge on any atom is 0.241 e. The first kappa shape index (κ1) is 9.04. The van der Waals surface area contributed by atoms with Gasteiger partial charge in [-0.1, -0.05) is 12.1 Å². The molecule has 1 aliphatic rings. The molecule has 2 rings (SSSR count). The summed E-state index contributed by atoms with van der Waals surface area (Å²) in [7, 11) is -3.74. The third-order valence-corrected chi connectivity index (χ3v) is 2.74. The Morgan fingerprint density at radius 3 is 2.86 bits per heavy atom. The number of primary sulfonamides is 1. The van der Waals surface area contributed by atoms with E-state index in [4.69, 9.17) is 9.98 Å². The SMILES string of the molecule is NS(=O)(=O)c1cccc2c1ONC=C2. The number of hydrogen-bond donors (Lipinski definition) is 2. The van der Waals surface area contributed by atoms with Crippen molar-refractivity contribution in [3.63, 3.8) is 0 Å². The molecule has 0 bridgehead atoms. The zero-order valence-corrected chi connectivity index (χ0v) is 7.91. The third-order valence-electron chi connectivity index (χ3n) is 1.81. The maximum atomic E-state index is 11.2. The molecule has 0 saturated carbocycles. The predicted octanol–water partition coefficient (Wildman–Crippen LogP) is 0.202. The summed E-state index contributed by atoms with van der Waals surface area (Å²) in [5.41, 5.74) is 3.13. The first-order valence-electron chi connectivity index (χ1n) is 3.84. The molecule has 3 N–H and O–H groups in total. The normalized spacial score (nSPS) is 14.1. The molecule has 0 radical (unpaired) electrons. The van der Waals surface area contributed by atoms with E-state index in [-0.39, 0.29) is 10.6 Å². The highest BCUT2D eigenvalue weighted by atomic mass is 32.2. The Kier molecular flexibility index (Phi) is 1.94. The Morgan fingerprint density at radius 1 is 1.36 bits per heavy atom. The molecule has 0 saturated heterocycles. The van der Waals surface area contributed by atoms with Crippen molar-refractivity contribution < 1.29 is 13.3 Å². The van der Waals surface area contributed by atoms with Gasteiger partial charge in [0.05, 0.1) is 0 Å². The molecular formula is C8H8N2O3S. The molecule has 0 fully saturated rings. The van der Waals surface area contributed by atoms with E-state index < -0.39 is 10.0 Å². The van der Waals surface area contributed by atoms with Crippen LogP contribution in [0.3, 0.4) is 0 Å². The van der Waals surface area contributed by atoms with Crippen LogP contribution < -0.4 is 15.5 Å². The molecule has 0 amide bonds. The van der Waals surface area contributed by atoms with Crippen LogP contribution in [-0.2, 0) is 10.0 Å². The van der Waals surface area contributed by atoms with Crippen molar-refractivity contribution in [2.24, 2.45) is 5.14 Å². The van der Waals surface area contributed by atoms with Crippen LogP contribution in [0.2, 0.25) is 0 Å². The Bertz CT molecular complexity index is 493. The molecule has 1 aliphatic heterocycles. The van der Waals surface area contributed by atoms with Crippen LogP contribution in [0.5, 0.6) is 5.75 Å². The van der Waals surface area contributed by atoms with Crippen LogP contribution in [0.25, 0.3) is 6.08 Å². The summed E-state index contributed by atoms with van der Waals surface area (Å²) in [6.07, 6.45) is 3.27. The van der Waals surface area contributed by atoms with Gasteiger partial charge in [0.2, 0.25) is 10.0 Å². The van der Waals surface area contributed by atoms with Gasteiger partial charge in [0, 0.05) is 11.8 Å². The first-order valence-corrected chi connectivity index (χ1v) is 5.38. The van der Waals surface area contributed by atoms with E-state index in [9.17, 15) is 8.42 Å². The molecule has 1 aromatic rings. The Labute approximate surface area is 81.2 Å². The zero-order chi connectivity index (χ0) is 10.2. The summed E-state index contributed by atoms with van der Waals surface area (Å²) >= 11 is 0. The average molecular weight is 212 g/mol. The van der Waals surface area contributed by atoms with Gasteiger partial charge in [0.1, 0.15) is 4.90 Å². The minimum atomic E-state index is -3.74. The fourth-order valence-corrected chi connectivity index (χ4v) is 1.90. The second-order valence-electron chi connectivity index (χ2n) is 2.77. The van der Waals surface area contributed by atoms with E-state index >= 15 is 0 Å². The van der Waals surface area contributed by atoms with Crippen molar-refractivity contribution in [1.82, 2.24) is 5.48 Å². The van der Waals surface area contributed by atoms with Gasteiger partial charge in [-0.15, -0.1) is 0 Å². The highest BCUT2D eigenvalue weighted by Gasteiger charge is 2.19. The lowest BCUT2D eigenvalue weighted by atomic mass is 10.2. The molecule has 6 heteroatoms. The predicted molar refractivity (Wildman–Crippen MR) is 50.6 cm³/mol. The largest absolute Gasteiger partial charge is 0.381 e. The quantitative estimate of drug-likeness (QED) is 0.696. The molecule has 0 spiro atoms. The molecule has 0 aliphatic carbocycles. The topological polar surface area (TPSA) is 81.4 Å². The van der Waals surface area contributed by atoms with E-state index in [0.29, 0.717) is 5.56 Å². The molecule has 1 aromatic carbocycles. The fraction of sp³-hybridized carbons (Fsp3) is 0. The second kappa shape index (κ2) is 3.00. The van der Waals surface area contributed by atoms with Crippen molar-refractivity contribution >= 4 is 16.1 Å². The molecule has 0 unspecified atom stereocenters. The lowest BCUT2D eigenvalue weighted by Gasteiger charge is -2.14. The Balaban J connectivity index is 2.69. The summed E-state index contributed by atoms with van der Waals surface area (Å²) in [5.74, 6) is 0.234. The van der Waals surface area contributed by atoms with Crippen LogP contribution >= 0.6 is 0 Å². The molecule has 74 valence electrons. The summed E-state index contributed by atoms with van der Waals surface area (Å²) in [5, 5.41) is 5.02. The van der Waals surface area contributed by atoms with Crippen molar-refractivity contribution in [1.29, 1.82) is 0 Å².